The Bertz CT molecular complexity index is 151. The summed E-state index contributed by atoms with van der Waals surface area (Å²) in [5.41, 5.74) is 0. The number of rotatable bonds is 0. The van der Waals surface area contributed by atoms with Crippen LogP contribution in [0.1, 0.15) is 9.27 Å². The Balaban J connectivity index is -0.000000125. The predicted molar refractivity (Wildman–Crippen MR) is 49.7 cm³/mol. The van der Waals surface area contributed by atoms with Crippen molar-refractivity contribution in [2.45, 2.75) is 6.42 Å². The topological polar surface area (TPSA) is 0 Å². The van der Waals surface area contributed by atoms with Gasteiger partial charge in [-0.3, -0.25) is 0 Å². The molecule has 0 heterocycles. The molecule has 0 aromatic carbocycles. The third-order valence-corrected chi connectivity index (χ3v) is 1.21. The Kier molecular flexibility index (Phi) is 7.83. The predicted octanol–water partition coefficient (Wildman–Crippen LogP) is 3.31. The molecule has 0 atom stereocenters. The third kappa shape index (κ3) is 6.25. The van der Waals surface area contributed by atoms with Gasteiger partial charge in [-0.25, -0.2) is 0 Å². The van der Waals surface area contributed by atoms with Crippen LogP contribution in [0.15, 0.2) is 48.6 Å². The Morgan fingerprint density at radius 1 is 0.727 bits per heavy atom. The van der Waals surface area contributed by atoms with Gasteiger partial charge in [0, 0.05) is 35.5 Å². The molecule has 11 heavy (non-hydrogen) atoms. The summed E-state index contributed by atoms with van der Waals surface area (Å²) in [5, 5.41) is 0. The van der Waals surface area contributed by atoms with Crippen LogP contribution in [-0.4, -0.2) is 0 Å². The van der Waals surface area contributed by atoms with E-state index in [-0.39, 0.29) is 29.1 Å². The van der Waals surface area contributed by atoms with Crippen LogP contribution in [0.5, 0.6) is 0 Å². The van der Waals surface area contributed by atoms with Gasteiger partial charge >= 0.3 is 0 Å². The van der Waals surface area contributed by atoms with Gasteiger partial charge in [0.2, 0.25) is 0 Å². The van der Waals surface area contributed by atoms with E-state index in [9.17, 15) is 0 Å². The monoisotopic (exact) mass is 225 g/mol. The minimum atomic E-state index is 0. The number of hydrogen-bond acceptors (Lipinski definition) is 0. The summed E-state index contributed by atoms with van der Waals surface area (Å²) in [5.74, 6) is 0. The van der Waals surface area contributed by atoms with Crippen molar-refractivity contribution in [2.75, 3.05) is 0 Å². The van der Waals surface area contributed by atoms with E-state index in [4.69, 9.17) is 0 Å². The van der Waals surface area contributed by atoms with Gasteiger partial charge in [-0.15, -0.1) is 0 Å². The van der Waals surface area contributed by atoms with E-state index in [0.717, 1.165) is 6.42 Å². The maximum atomic E-state index is 2.12. The van der Waals surface area contributed by atoms with Gasteiger partial charge in [-0.05, 0) is 6.42 Å². The van der Waals surface area contributed by atoms with Gasteiger partial charge in [-0.1, -0.05) is 48.6 Å². The quantitative estimate of drug-likeness (QED) is 0.594. The van der Waals surface area contributed by atoms with E-state index in [1.54, 1.807) is 0 Å². The second-order valence-corrected chi connectivity index (χ2v) is 2.05. The summed E-state index contributed by atoms with van der Waals surface area (Å²) >= 11 is 0. The molecular formula is C10H15Zr. The third-order valence-electron chi connectivity index (χ3n) is 1.21. The van der Waals surface area contributed by atoms with Crippen molar-refractivity contribution < 1.29 is 29.1 Å². The first kappa shape index (κ1) is 10.8. The molecule has 1 heteroatoms. The summed E-state index contributed by atoms with van der Waals surface area (Å²) in [6, 6.07) is 0. The molecule has 2 aliphatic rings. The van der Waals surface area contributed by atoms with Gasteiger partial charge in [0.25, 0.3) is 0 Å². The molecule has 0 aromatic heterocycles. The van der Waals surface area contributed by atoms with Gasteiger partial charge < -0.3 is 0 Å². The Labute approximate surface area is 90.5 Å². The zero-order valence-electron chi connectivity index (χ0n) is 6.40. The minimum absolute atomic E-state index is 0. The van der Waals surface area contributed by atoms with Crippen molar-refractivity contribution in [3.05, 3.63) is 55.0 Å². The molecule has 59 valence electrons. The summed E-state index contributed by atoms with van der Waals surface area (Å²) in [7, 11) is 0. The first-order valence-electron chi connectivity index (χ1n) is 3.48. The van der Waals surface area contributed by atoms with Crippen LogP contribution in [0, 0.1) is 6.42 Å². The van der Waals surface area contributed by atoms with E-state index in [1.807, 2.05) is 30.7 Å². The van der Waals surface area contributed by atoms with E-state index >= 15 is 0 Å². The largest absolute Gasteiger partial charge is 0.0808 e. The molecule has 0 amide bonds. The van der Waals surface area contributed by atoms with Crippen LogP contribution in [0.4, 0.5) is 0 Å². The Morgan fingerprint density at radius 2 is 1.27 bits per heavy atom. The van der Waals surface area contributed by atoms with Crippen LogP contribution < -0.4 is 0 Å². The maximum absolute atomic E-state index is 2.12. The second kappa shape index (κ2) is 7.94. The smallest absolute Gasteiger partial charge is 0.00506 e. The van der Waals surface area contributed by atoms with Gasteiger partial charge in [0.15, 0.2) is 0 Å². The average molecular weight is 226 g/mol. The van der Waals surface area contributed by atoms with Crippen LogP contribution in [0.3, 0.4) is 0 Å². The zero-order valence-corrected chi connectivity index (χ0v) is 8.86. The summed E-state index contributed by atoms with van der Waals surface area (Å²) in [6.45, 7) is 0. The average Bonchev–Trinajstić information content (AvgIpc) is 2.67. The second-order valence-electron chi connectivity index (χ2n) is 2.05. The van der Waals surface area contributed by atoms with E-state index in [1.165, 1.54) is 0 Å². The van der Waals surface area contributed by atoms with Crippen LogP contribution in [0.25, 0.3) is 0 Å². The molecule has 0 nitrogen and oxygen atoms in total. The fourth-order valence-electron chi connectivity index (χ4n) is 0.714. The molecule has 0 aliphatic heterocycles. The van der Waals surface area contributed by atoms with Crippen molar-refractivity contribution in [2.24, 2.45) is 0 Å². The van der Waals surface area contributed by atoms with E-state index < -0.39 is 0 Å². The van der Waals surface area contributed by atoms with Crippen LogP contribution >= 0.6 is 0 Å². The van der Waals surface area contributed by atoms with Crippen molar-refractivity contribution in [3.63, 3.8) is 0 Å². The Hall–Kier alpha value is -0.157. The number of allylic oxidation sites excluding steroid dienone is 8. The summed E-state index contributed by atoms with van der Waals surface area (Å²) in [4.78, 5) is 0. The molecule has 0 fully saturated rings. The van der Waals surface area contributed by atoms with Crippen molar-refractivity contribution in [1.82, 2.24) is 0 Å². The van der Waals surface area contributed by atoms with Gasteiger partial charge in [0.1, 0.15) is 0 Å². The number of hydrogen-bond donors (Lipinski definition) is 0. The van der Waals surface area contributed by atoms with Crippen molar-refractivity contribution >= 4 is 0 Å². The molecular weight excluding hydrogens is 211 g/mol. The Morgan fingerprint density at radius 3 is 1.45 bits per heavy atom. The van der Waals surface area contributed by atoms with Gasteiger partial charge in [-0.2, -0.15) is 0 Å². The standard InChI is InChI=1S/C5H6.C5H5.Zr.2H2/c2*1-2-4-5-3-1;;;/h1-4H,5H2;1-5H;;2*1H. The van der Waals surface area contributed by atoms with Crippen molar-refractivity contribution in [3.8, 4) is 0 Å². The van der Waals surface area contributed by atoms with Crippen LogP contribution in [-0.2, 0) is 26.2 Å². The first-order valence-corrected chi connectivity index (χ1v) is 3.48. The molecule has 2 aliphatic carbocycles. The van der Waals surface area contributed by atoms with E-state index in [2.05, 4.69) is 24.3 Å². The zero-order chi connectivity index (χ0) is 7.07. The molecule has 0 aromatic rings. The normalized spacial score (nSPS) is 16.0. The maximum Gasteiger partial charge on any atom is 0.00506 e. The molecule has 0 bridgehead atoms. The molecule has 1 radical (unpaired) electrons. The SMILES string of the molecule is C1=CCC=C1.[CH]1C=CC=C1.[HH].[HH].[Zr]. The summed E-state index contributed by atoms with van der Waals surface area (Å²) in [6.07, 6.45) is 19.5. The first-order chi connectivity index (χ1) is 5.00. The minimum Gasteiger partial charge on any atom is -0.0808 e. The molecule has 0 saturated heterocycles. The molecule has 0 N–H and O–H groups in total. The fraction of sp³-hybridized carbons (Fsp3) is 0.100. The molecule has 0 unspecified atom stereocenters. The van der Waals surface area contributed by atoms with E-state index in [0.29, 0.717) is 0 Å². The molecule has 0 saturated carbocycles. The summed E-state index contributed by atoms with van der Waals surface area (Å²) < 4.78 is 0. The molecule has 2 rings (SSSR count). The van der Waals surface area contributed by atoms with Gasteiger partial charge in [0.05, 0.1) is 0 Å². The fourth-order valence-corrected chi connectivity index (χ4v) is 0.714. The molecule has 0 spiro atoms. The van der Waals surface area contributed by atoms with Crippen LogP contribution in [0.2, 0.25) is 0 Å². The van der Waals surface area contributed by atoms with Crippen molar-refractivity contribution in [1.29, 1.82) is 0 Å².